The van der Waals surface area contributed by atoms with Crippen molar-refractivity contribution in [2.24, 2.45) is 0 Å². The minimum Gasteiger partial charge on any atom is -0.477 e. The second-order valence-corrected chi connectivity index (χ2v) is 6.82. The molecule has 5 heteroatoms. The minimum absolute atomic E-state index is 0.310. The number of carbonyl (C=O) groups is 1. The van der Waals surface area contributed by atoms with Gasteiger partial charge in [-0.15, -0.1) is 0 Å². The number of aromatic carboxylic acids is 1. The number of hydrogen-bond acceptors (Lipinski definition) is 4. The Morgan fingerprint density at radius 2 is 1.89 bits per heavy atom. The second kappa shape index (κ2) is 6.76. The van der Waals surface area contributed by atoms with Crippen molar-refractivity contribution in [3.05, 3.63) is 87.1 Å². The summed E-state index contributed by atoms with van der Waals surface area (Å²) in [6.45, 7) is 0.740. The lowest BCUT2D eigenvalue weighted by Gasteiger charge is -2.26. The fourth-order valence-electron chi connectivity index (χ4n) is 3.49. The van der Waals surface area contributed by atoms with Crippen LogP contribution in [-0.2, 0) is 13.0 Å². The Balaban J connectivity index is 1.59. The van der Waals surface area contributed by atoms with Crippen LogP contribution in [-0.4, -0.2) is 23.0 Å². The zero-order valence-electron chi connectivity index (χ0n) is 14.9. The molecule has 2 aromatic carbocycles. The molecular weight excluding hydrogens is 342 g/mol. The summed E-state index contributed by atoms with van der Waals surface area (Å²) in [4.78, 5) is 25.1. The van der Waals surface area contributed by atoms with E-state index in [4.69, 9.17) is 9.52 Å². The average molecular weight is 361 g/mol. The van der Waals surface area contributed by atoms with Crippen molar-refractivity contribution >= 4 is 22.8 Å². The SMILES string of the molecule is CN(Cc1ccc2ccccc2c1)C1=Cc2oc(=O)c(C(=O)O)cc2CC1. The van der Waals surface area contributed by atoms with E-state index in [9.17, 15) is 9.59 Å². The first-order chi connectivity index (χ1) is 13.0. The molecule has 0 bridgehead atoms. The quantitative estimate of drug-likeness (QED) is 0.763. The highest BCUT2D eigenvalue weighted by molar-refractivity contribution is 5.87. The molecule has 0 radical (unpaired) electrons. The lowest BCUT2D eigenvalue weighted by Crippen LogP contribution is -2.21. The number of fused-ring (bicyclic) bond motifs is 2. The Hall–Kier alpha value is -3.34. The van der Waals surface area contributed by atoms with Gasteiger partial charge in [-0.2, -0.15) is 0 Å². The first-order valence-electron chi connectivity index (χ1n) is 8.81. The van der Waals surface area contributed by atoms with Gasteiger partial charge >= 0.3 is 11.6 Å². The number of allylic oxidation sites excluding steroid dienone is 1. The summed E-state index contributed by atoms with van der Waals surface area (Å²) in [6.07, 6.45) is 3.25. The molecule has 1 aliphatic rings. The standard InChI is InChI=1S/C22H19NO4/c1-23(13-14-6-7-15-4-2-3-5-16(15)10-14)18-9-8-17-11-19(21(24)25)22(26)27-20(17)12-18/h2-7,10-12H,8-9,13H2,1H3,(H,24,25). The fourth-order valence-corrected chi connectivity index (χ4v) is 3.49. The molecule has 0 spiro atoms. The first kappa shape index (κ1) is 17.1. The van der Waals surface area contributed by atoms with E-state index >= 15 is 0 Å². The molecule has 1 N–H and O–H groups in total. The average Bonchev–Trinajstić information content (AvgIpc) is 2.66. The fraction of sp³-hybridized carbons (Fsp3) is 0.182. The lowest BCUT2D eigenvalue weighted by molar-refractivity contribution is 0.0691. The predicted octanol–water partition coefficient (Wildman–Crippen LogP) is 3.91. The van der Waals surface area contributed by atoms with Gasteiger partial charge < -0.3 is 14.4 Å². The first-order valence-corrected chi connectivity index (χ1v) is 8.81. The van der Waals surface area contributed by atoms with Gasteiger partial charge in [-0.1, -0.05) is 36.4 Å². The Morgan fingerprint density at radius 1 is 1.11 bits per heavy atom. The maximum absolute atomic E-state index is 11.8. The van der Waals surface area contributed by atoms with Crippen molar-refractivity contribution in [2.45, 2.75) is 19.4 Å². The monoisotopic (exact) mass is 361 g/mol. The van der Waals surface area contributed by atoms with Crippen LogP contribution in [0.1, 0.15) is 33.7 Å². The zero-order valence-corrected chi connectivity index (χ0v) is 14.9. The Morgan fingerprint density at radius 3 is 2.67 bits per heavy atom. The van der Waals surface area contributed by atoms with E-state index in [0.29, 0.717) is 12.2 Å². The molecule has 0 amide bonds. The van der Waals surface area contributed by atoms with Crippen molar-refractivity contribution in [3.8, 4) is 0 Å². The minimum atomic E-state index is -1.25. The Kier molecular flexibility index (Phi) is 4.28. The molecule has 1 aliphatic carbocycles. The van der Waals surface area contributed by atoms with Gasteiger partial charge in [0.25, 0.3) is 0 Å². The molecule has 0 atom stereocenters. The van der Waals surface area contributed by atoms with Crippen LogP contribution in [0.15, 0.2) is 63.4 Å². The summed E-state index contributed by atoms with van der Waals surface area (Å²) in [7, 11) is 2.01. The molecule has 4 rings (SSSR count). The number of hydrogen-bond donors (Lipinski definition) is 1. The number of carboxylic acids is 1. The molecule has 136 valence electrons. The normalized spacial score (nSPS) is 13.1. The van der Waals surface area contributed by atoms with Gasteiger partial charge in [-0.25, -0.2) is 9.59 Å². The molecule has 27 heavy (non-hydrogen) atoms. The molecule has 0 saturated heterocycles. The summed E-state index contributed by atoms with van der Waals surface area (Å²) in [6, 6.07) is 16.1. The van der Waals surface area contributed by atoms with Crippen LogP contribution in [0.25, 0.3) is 16.8 Å². The molecule has 3 aromatic rings. The van der Waals surface area contributed by atoms with E-state index in [1.165, 1.54) is 22.4 Å². The van der Waals surface area contributed by atoms with Gasteiger partial charge in [0.05, 0.1) is 0 Å². The Labute approximate surface area is 156 Å². The van der Waals surface area contributed by atoms with Crippen molar-refractivity contribution in [2.75, 3.05) is 7.05 Å². The van der Waals surface area contributed by atoms with Gasteiger partial charge in [0.15, 0.2) is 0 Å². The topological polar surface area (TPSA) is 70.8 Å². The zero-order chi connectivity index (χ0) is 19.0. The van der Waals surface area contributed by atoms with Crippen LogP contribution in [0.4, 0.5) is 0 Å². The van der Waals surface area contributed by atoms with Crippen molar-refractivity contribution in [3.63, 3.8) is 0 Å². The third-order valence-electron chi connectivity index (χ3n) is 4.96. The number of nitrogens with zero attached hydrogens (tertiary/aromatic N) is 1. The van der Waals surface area contributed by atoms with Gasteiger partial charge in [0.1, 0.15) is 11.3 Å². The van der Waals surface area contributed by atoms with Gasteiger partial charge in [-0.05, 0) is 46.9 Å². The van der Waals surface area contributed by atoms with E-state index in [0.717, 1.165) is 24.2 Å². The van der Waals surface area contributed by atoms with E-state index < -0.39 is 11.6 Å². The third kappa shape index (κ3) is 3.36. The van der Waals surface area contributed by atoms with Crippen LogP contribution in [0.5, 0.6) is 0 Å². The van der Waals surface area contributed by atoms with Crippen LogP contribution in [0.2, 0.25) is 0 Å². The summed E-state index contributed by atoms with van der Waals surface area (Å²) >= 11 is 0. The van der Waals surface area contributed by atoms with Crippen molar-refractivity contribution in [1.29, 1.82) is 0 Å². The summed E-state index contributed by atoms with van der Waals surface area (Å²) < 4.78 is 5.24. The number of aryl methyl sites for hydroxylation is 1. The van der Waals surface area contributed by atoms with Gasteiger partial charge in [-0.3, -0.25) is 0 Å². The molecule has 1 heterocycles. The molecule has 1 aromatic heterocycles. The van der Waals surface area contributed by atoms with Crippen LogP contribution < -0.4 is 5.63 Å². The molecule has 5 nitrogen and oxygen atoms in total. The summed E-state index contributed by atoms with van der Waals surface area (Å²) in [5.41, 5.74) is 1.90. The largest absolute Gasteiger partial charge is 0.477 e. The summed E-state index contributed by atoms with van der Waals surface area (Å²) in [5, 5.41) is 11.5. The summed E-state index contributed by atoms with van der Waals surface area (Å²) in [5.74, 6) is -0.800. The number of rotatable bonds is 4. The second-order valence-electron chi connectivity index (χ2n) is 6.82. The lowest BCUT2D eigenvalue weighted by atomic mass is 9.98. The Bertz CT molecular complexity index is 1130. The van der Waals surface area contributed by atoms with Gasteiger partial charge in [0.2, 0.25) is 0 Å². The van der Waals surface area contributed by atoms with Crippen molar-refractivity contribution < 1.29 is 14.3 Å². The van der Waals surface area contributed by atoms with Crippen LogP contribution in [0.3, 0.4) is 0 Å². The van der Waals surface area contributed by atoms with E-state index in [2.05, 4.69) is 35.2 Å². The van der Waals surface area contributed by atoms with E-state index in [1.807, 2.05) is 25.3 Å². The number of carboxylic acid groups (broad SMARTS) is 1. The maximum atomic E-state index is 11.8. The third-order valence-corrected chi connectivity index (χ3v) is 4.96. The van der Waals surface area contributed by atoms with Crippen molar-refractivity contribution in [1.82, 2.24) is 4.90 Å². The predicted molar refractivity (Wildman–Crippen MR) is 104 cm³/mol. The smallest absolute Gasteiger partial charge is 0.350 e. The van der Waals surface area contributed by atoms with Gasteiger partial charge in [0, 0.05) is 25.4 Å². The highest BCUT2D eigenvalue weighted by Crippen LogP contribution is 2.26. The highest BCUT2D eigenvalue weighted by Gasteiger charge is 2.20. The number of benzene rings is 2. The van der Waals surface area contributed by atoms with Crippen LogP contribution >= 0.6 is 0 Å². The highest BCUT2D eigenvalue weighted by atomic mass is 16.4. The molecule has 0 fully saturated rings. The van der Waals surface area contributed by atoms with E-state index in [1.54, 1.807) is 0 Å². The molecule has 0 unspecified atom stereocenters. The van der Waals surface area contributed by atoms with E-state index in [-0.39, 0.29) is 5.56 Å². The maximum Gasteiger partial charge on any atom is 0.350 e. The van der Waals surface area contributed by atoms with Crippen LogP contribution in [0, 0.1) is 0 Å². The molecular formula is C22H19NO4. The molecule has 0 aliphatic heterocycles. The molecule has 0 saturated carbocycles.